The Kier molecular flexibility index (Phi) is 5.49. The van der Waals surface area contributed by atoms with E-state index in [9.17, 15) is 0 Å². The van der Waals surface area contributed by atoms with Gasteiger partial charge in [0.25, 0.3) is 0 Å². The molecular weight excluding hydrogens is 268 g/mol. The summed E-state index contributed by atoms with van der Waals surface area (Å²) in [6.45, 7) is 4.31. The highest BCUT2D eigenvalue weighted by molar-refractivity contribution is 6.17. The Hall–Kier alpha value is -1.47. The van der Waals surface area contributed by atoms with Crippen LogP contribution in [0.3, 0.4) is 0 Å². The lowest BCUT2D eigenvalue weighted by molar-refractivity contribution is 0.478. The molecule has 0 amide bonds. The minimum atomic E-state index is 0.533. The summed E-state index contributed by atoms with van der Waals surface area (Å²) in [6, 6.07) is 14.4. The zero-order valence-electron chi connectivity index (χ0n) is 12.2. The number of rotatable bonds is 6. The third-order valence-electron chi connectivity index (χ3n) is 3.36. The quantitative estimate of drug-likeness (QED) is 0.604. The molecule has 0 heterocycles. The van der Waals surface area contributed by atoms with Crippen LogP contribution in [0.15, 0.2) is 42.5 Å². The summed E-state index contributed by atoms with van der Waals surface area (Å²) in [5.74, 6) is 2.30. The van der Waals surface area contributed by atoms with E-state index < -0.39 is 0 Å². The highest BCUT2D eigenvalue weighted by atomic mass is 35.5. The molecule has 2 rings (SSSR count). The van der Waals surface area contributed by atoms with Gasteiger partial charge >= 0.3 is 0 Å². The van der Waals surface area contributed by atoms with Crippen LogP contribution in [0.1, 0.15) is 36.5 Å². The van der Waals surface area contributed by atoms with Gasteiger partial charge in [0.05, 0.1) is 0 Å². The van der Waals surface area contributed by atoms with Gasteiger partial charge in [0.2, 0.25) is 0 Å². The summed E-state index contributed by atoms with van der Waals surface area (Å²) < 4.78 is 5.93. The Morgan fingerprint density at radius 3 is 2.30 bits per heavy atom. The maximum atomic E-state index is 5.93. The second-order valence-corrected chi connectivity index (χ2v) is 5.35. The molecule has 1 nitrogen and oxygen atoms in total. The second kappa shape index (κ2) is 7.35. The van der Waals surface area contributed by atoms with E-state index in [1.54, 1.807) is 0 Å². The maximum absolute atomic E-state index is 5.93. The maximum Gasteiger partial charge on any atom is 0.130 e. The molecule has 0 aliphatic heterocycles. The van der Waals surface area contributed by atoms with Crippen molar-refractivity contribution in [1.29, 1.82) is 0 Å². The Labute approximate surface area is 126 Å². The van der Waals surface area contributed by atoms with Crippen LogP contribution in [0.25, 0.3) is 0 Å². The van der Waals surface area contributed by atoms with Crippen molar-refractivity contribution in [2.45, 2.75) is 39.0 Å². The number of ether oxygens (including phenoxy) is 1. The number of hydrogen-bond donors (Lipinski definition) is 0. The Bertz CT molecular complexity index is 546. The number of benzene rings is 2. The van der Waals surface area contributed by atoms with Crippen molar-refractivity contribution in [2.24, 2.45) is 0 Å². The predicted octanol–water partition coefficient (Wildman–Crippen LogP) is 5.87. The van der Waals surface area contributed by atoms with E-state index in [0.29, 0.717) is 5.88 Å². The molecular formula is C18H21ClO. The number of halogens is 1. The van der Waals surface area contributed by atoms with Gasteiger partial charge in [-0.1, -0.05) is 37.6 Å². The fourth-order valence-corrected chi connectivity index (χ4v) is 2.31. The summed E-state index contributed by atoms with van der Waals surface area (Å²) in [6.07, 6.45) is 3.60. The van der Waals surface area contributed by atoms with E-state index in [1.165, 1.54) is 24.0 Å². The van der Waals surface area contributed by atoms with Crippen molar-refractivity contribution in [3.8, 4) is 11.5 Å². The largest absolute Gasteiger partial charge is 0.457 e. The first-order chi connectivity index (χ1) is 9.72. The predicted molar refractivity (Wildman–Crippen MR) is 85.9 cm³/mol. The van der Waals surface area contributed by atoms with E-state index in [1.807, 2.05) is 24.3 Å². The molecule has 0 radical (unpaired) electrons. The van der Waals surface area contributed by atoms with Gasteiger partial charge in [0.1, 0.15) is 11.5 Å². The van der Waals surface area contributed by atoms with Gasteiger partial charge < -0.3 is 4.74 Å². The SMILES string of the molecule is CCCCc1ccc(Oc2ccc(CCl)cc2)c(C)c1. The Balaban J connectivity index is 2.08. The molecule has 0 fully saturated rings. The van der Waals surface area contributed by atoms with Crippen LogP contribution in [-0.2, 0) is 12.3 Å². The average molecular weight is 289 g/mol. The minimum absolute atomic E-state index is 0.533. The molecule has 0 aromatic heterocycles. The normalized spacial score (nSPS) is 10.6. The number of unbranched alkanes of at least 4 members (excludes halogenated alkanes) is 1. The average Bonchev–Trinajstić information content (AvgIpc) is 2.48. The van der Waals surface area contributed by atoms with E-state index in [4.69, 9.17) is 16.3 Å². The Morgan fingerprint density at radius 1 is 1.00 bits per heavy atom. The third kappa shape index (κ3) is 4.01. The van der Waals surface area contributed by atoms with Gasteiger partial charge in [0.15, 0.2) is 0 Å². The van der Waals surface area contributed by atoms with Crippen LogP contribution in [0.4, 0.5) is 0 Å². The summed E-state index contributed by atoms with van der Waals surface area (Å²) in [7, 11) is 0. The first-order valence-corrected chi connectivity index (χ1v) is 7.68. The van der Waals surface area contributed by atoms with E-state index in [2.05, 4.69) is 32.0 Å². The van der Waals surface area contributed by atoms with Crippen molar-refractivity contribution >= 4 is 11.6 Å². The molecule has 0 bridgehead atoms. The topological polar surface area (TPSA) is 9.23 Å². The summed E-state index contributed by atoms with van der Waals surface area (Å²) >= 11 is 5.78. The minimum Gasteiger partial charge on any atom is -0.457 e. The van der Waals surface area contributed by atoms with Gasteiger partial charge in [-0.15, -0.1) is 11.6 Å². The summed E-state index contributed by atoms with van der Waals surface area (Å²) in [5.41, 5.74) is 3.67. The molecule has 0 atom stereocenters. The first kappa shape index (κ1) is 14.9. The molecule has 0 N–H and O–H groups in total. The van der Waals surface area contributed by atoms with E-state index in [0.717, 1.165) is 23.5 Å². The van der Waals surface area contributed by atoms with Gasteiger partial charge in [0, 0.05) is 5.88 Å². The molecule has 0 aliphatic carbocycles. The number of aryl methyl sites for hydroxylation is 2. The van der Waals surface area contributed by atoms with Gasteiger partial charge in [-0.05, 0) is 54.7 Å². The molecule has 0 aliphatic rings. The molecule has 2 aromatic rings. The Morgan fingerprint density at radius 2 is 1.70 bits per heavy atom. The lowest BCUT2D eigenvalue weighted by Gasteiger charge is -2.10. The van der Waals surface area contributed by atoms with Crippen LogP contribution in [0.5, 0.6) is 11.5 Å². The van der Waals surface area contributed by atoms with Crippen LogP contribution >= 0.6 is 11.6 Å². The van der Waals surface area contributed by atoms with Gasteiger partial charge in [-0.2, -0.15) is 0 Å². The standard InChI is InChI=1S/C18H21ClO/c1-3-4-5-15-8-11-18(14(2)12-15)20-17-9-6-16(13-19)7-10-17/h6-12H,3-5,13H2,1-2H3. The van der Waals surface area contributed by atoms with Gasteiger partial charge in [-0.25, -0.2) is 0 Å². The van der Waals surface area contributed by atoms with Crippen molar-refractivity contribution in [3.05, 3.63) is 59.2 Å². The molecule has 106 valence electrons. The third-order valence-corrected chi connectivity index (χ3v) is 3.67. The van der Waals surface area contributed by atoms with E-state index >= 15 is 0 Å². The second-order valence-electron chi connectivity index (χ2n) is 5.08. The van der Waals surface area contributed by atoms with Crippen LogP contribution in [-0.4, -0.2) is 0 Å². The van der Waals surface area contributed by atoms with Crippen molar-refractivity contribution in [1.82, 2.24) is 0 Å². The number of alkyl halides is 1. The van der Waals surface area contributed by atoms with Crippen LogP contribution in [0.2, 0.25) is 0 Å². The van der Waals surface area contributed by atoms with E-state index in [-0.39, 0.29) is 0 Å². The highest BCUT2D eigenvalue weighted by Gasteiger charge is 2.03. The number of hydrogen-bond acceptors (Lipinski definition) is 1. The fraction of sp³-hybridized carbons (Fsp3) is 0.333. The van der Waals surface area contributed by atoms with Crippen molar-refractivity contribution < 1.29 is 4.74 Å². The highest BCUT2D eigenvalue weighted by Crippen LogP contribution is 2.26. The van der Waals surface area contributed by atoms with Crippen molar-refractivity contribution in [2.75, 3.05) is 0 Å². The zero-order chi connectivity index (χ0) is 14.4. The molecule has 20 heavy (non-hydrogen) atoms. The van der Waals surface area contributed by atoms with Crippen LogP contribution in [0, 0.1) is 6.92 Å². The summed E-state index contributed by atoms with van der Waals surface area (Å²) in [4.78, 5) is 0. The molecule has 0 unspecified atom stereocenters. The smallest absolute Gasteiger partial charge is 0.130 e. The molecule has 2 aromatic carbocycles. The monoisotopic (exact) mass is 288 g/mol. The molecule has 0 spiro atoms. The molecule has 0 saturated heterocycles. The van der Waals surface area contributed by atoms with Crippen LogP contribution < -0.4 is 4.74 Å². The zero-order valence-corrected chi connectivity index (χ0v) is 12.9. The molecule has 0 saturated carbocycles. The summed E-state index contributed by atoms with van der Waals surface area (Å²) in [5, 5.41) is 0. The first-order valence-electron chi connectivity index (χ1n) is 7.15. The molecule has 2 heteroatoms. The van der Waals surface area contributed by atoms with Crippen molar-refractivity contribution in [3.63, 3.8) is 0 Å². The lowest BCUT2D eigenvalue weighted by Crippen LogP contribution is -1.91. The lowest BCUT2D eigenvalue weighted by atomic mass is 10.1. The fourth-order valence-electron chi connectivity index (χ4n) is 2.14. The van der Waals surface area contributed by atoms with Gasteiger partial charge in [-0.3, -0.25) is 0 Å².